The minimum absolute atomic E-state index is 1.05. The van der Waals surface area contributed by atoms with E-state index in [0.717, 1.165) is 30.4 Å². The maximum Gasteiger partial charge on any atom is 0.0249 e. The van der Waals surface area contributed by atoms with Crippen molar-refractivity contribution in [3.8, 4) is 23.7 Å². The summed E-state index contributed by atoms with van der Waals surface area (Å²) in [5.74, 6) is 13.2. The van der Waals surface area contributed by atoms with Gasteiger partial charge in [-0.15, -0.1) is 0 Å². The largest absolute Gasteiger partial charge is 0.0651 e. The normalized spacial score (nSPS) is 13.1. The van der Waals surface area contributed by atoms with Crippen LogP contribution < -0.4 is 0 Å². The minimum Gasteiger partial charge on any atom is -0.0651 e. The predicted octanol–water partition coefficient (Wildman–Crippen LogP) is 5.19. The van der Waals surface area contributed by atoms with Gasteiger partial charge in [-0.25, -0.2) is 0 Å². The van der Waals surface area contributed by atoms with Gasteiger partial charge in [0, 0.05) is 22.3 Å². The van der Waals surface area contributed by atoms with Crippen molar-refractivity contribution in [2.45, 2.75) is 33.1 Å². The van der Waals surface area contributed by atoms with Gasteiger partial charge >= 0.3 is 0 Å². The maximum absolute atomic E-state index is 3.34. The van der Waals surface area contributed by atoms with Crippen LogP contribution in [-0.4, -0.2) is 0 Å². The van der Waals surface area contributed by atoms with Crippen molar-refractivity contribution >= 4 is 0 Å². The molecule has 23 heavy (non-hydrogen) atoms. The molecule has 0 spiro atoms. The first kappa shape index (κ1) is 15.2. The van der Waals surface area contributed by atoms with Crippen LogP contribution in [0.15, 0.2) is 59.7 Å². The molecular formula is C23H20. The highest BCUT2D eigenvalue weighted by molar-refractivity contribution is 5.51. The Labute approximate surface area is 139 Å². The SMILES string of the molecule is Cc1ccc(C#CC2=C(C#Cc3ccc(C)cc3)CCC2)cc1. The van der Waals surface area contributed by atoms with Gasteiger partial charge in [0.05, 0.1) is 0 Å². The highest BCUT2D eigenvalue weighted by Crippen LogP contribution is 2.25. The van der Waals surface area contributed by atoms with E-state index in [1.165, 1.54) is 22.3 Å². The Balaban J connectivity index is 1.82. The number of rotatable bonds is 0. The fraction of sp³-hybridized carbons (Fsp3) is 0.217. The van der Waals surface area contributed by atoms with Crippen LogP contribution in [0.3, 0.4) is 0 Å². The molecule has 0 N–H and O–H groups in total. The Morgan fingerprint density at radius 3 is 1.35 bits per heavy atom. The molecule has 0 unspecified atom stereocenters. The molecule has 0 aromatic heterocycles. The van der Waals surface area contributed by atoms with Crippen molar-refractivity contribution in [2.75, 3.05) is 0 Å². The van der Waals surface area contributed by atoms with Gasteiger partial charge in [-0.3, -0.25) is 0 Å². The summed E-state index contributed by atoms with van der Waals surface area (Å²) >= 11 is 0. The van der Waals surface area contributed by atoms with Crippen LogP contribution >= 0.6 is 0 Å². The summed E-state index contributed by atoms with van der Waals surface area (Å²) in [6, 6.07) is 16.7. The first-order valence-corrected chi connectivity index (χ1v) is 8.10. The monoisotopic (exact) mass is 296 g/mol. The Bertz CT molecular complexity index is 765. The lowest BCUT2D eigenvalue weighted by atomic mass is 10.1. The van der Waals surface area contributed by atoms with Crippen molar-refractivity contribution in [1.82, 2.24) is 0 Å². The van der Waals surface area contributed by atoms with E-state index < -0.39 is 0 Å². The number of allylic oxidation sites excluding steroid dienone is 2. The molecule has 0 radical (unpaired) electrons. The fourth-order valence-electron chi connectivity index (χ4n) is 2.59. The molecule has 1 aliphatic rings. The quantitative estimate of drug-likeness (QED) is 0.587. The van der Waals surface area contributed by atoms with Crippen LogP contribution in [0.5, 0.6) is 0 Å². The lowest BCUT2D eigenvalue weighted by molar-refractivity contribution is 0.910. The molecule has 0 nitrogen and oxygen atoms in total. The van der Waals surface area contributed by atoms with Gasteiger partial charge in [0.2, 0.25) is 0 Å². The lowest BCUT2D eigenvalue weighted by Gasteiger charge is -1.94. The van der Waals surface area contributed by atoms with Crippen LogP contribution in [0.1, 0.15) is 41.5 Å². The van der Waals surface area contributed by atoms with Crippen LogP contribution in [0.2, 0.25) is 0 Å². The molecule has 0 fully saturated rings. The molecular weight excluding hydrogens is 276 g/mol. The van der Waals surface area contributed by atoms with Gasteiger partial charge < -0.3 is 0 Å². The molecule has 0 atom stereocenters. The van der Waals surface area contributed by atoms with E-state index in [4.69, 9.17) is 0 Å². The average molecular weight is 296 g/mol. The van der Waals surface area contributed by atoms with Gasteiger partial charge in [-0.2, -0.15) is 0 Å². The van der Waals surface area contributed by atoms with Gasteiger partial charge in [-0.1, -0.05) is 59.1 Å². The van der Waals surface area contributed by atoms with E-state index >= 15 is 0 Å². The first-order chi connectivity index (χ1) is 11.2. The summed E-state index contributed by atoms with van der Waals surface area (Å²) in [4.78, 5) is 0. The standard InChI is InChI=1S/C23H20/c1-18-6-10-20(11-7-18)14-16-22-4-3-5-23(22)17-15-21-12-8-19(2)9-13-21/h6-13H,3-5H2,1-2H3. The Morgan fingerprint density at radius 1 is 0.565 bits per heavy atom. The summed E-state index contributed by atoms with van der Waals surface area (Å²) in [6.45, 7) is 4.19. The molecule has 0 aliphatic heterocycles. The highest BCUT2D eigenvalue weighted by atomic mass is 14.1. The van der Waals surface area contributed by atoms with Crippen molar-refractivity contribution < 1.29 is 0 Å². The number of benzene rings is 2. The van der Waals surface area contributed by atoms with Crippen LogP contribution in [0.4, 0.5) is 0 Å². The molecule has 2 aromatic rings. The van der Waals surface area contributed by atoms with Gasteiger partial charge in [0.15, 0.2) is 0 Å². The zero-order valence-corrected chi connectivity index (χ0v) is 13.7. The third-order valence-corrected chi connectivity index (χ3v) is 4.04. The first-order valence-electron chi connectivity index (χ1n) is 8.10. The number of aryl methyl sites for hydroxylation is 2. The summed E-state index contributed by atoms with van der Waals surface area (Å²) in [5, 5.41) is 0. The molecule has 0 bridgehead atoms. The molecule has 0 saturated carbocycles. The predicted molar refractivity (Wildman–Crippen MR) is 97.0 cm³/mol. The second kappa shape index (κ2) is 7.04. The second-order valence-electron chi connectivity index (χ2n) is 6.04. The molecule has 2 aromatic carbocycles. The van der Waals surface area contributed by atoms with E-state index in [9.17, 15) is 0 Å². The Morgan fingerprint density at radius 2 is 0.957 bits per heavy atom. The second-order valence-corrected chi connectivity index (χ2v) is 6.04. The van der Waals surface area contributed by atoms with Crippen molar-refractivity contribution in [1.29, 1.82) is 0 Å². The Kier molecular flexibility index (Phi) is 4.65. The van der Waals surface area contributed by atoms with Crippen LogP contribution in [0, 0.1) is 37.5 Å². The van der Waals surface area contributed by atoms with Crippen molar-refractivity contribution in [3.05, 3.63) is 81.9 Å². The zero-order chi connectivity index (χ0) is 16.1. The summed E-state index contributed by atoms with van der Waals surface area (Å²) in [5.41, 5.74) is 7.10. The van der Waals surface area contributed by atoms with E-state index in [1.54, 1.807) is 0 Å². The topological polar surface area (TPSA) is 0 Å². The van der Waals surface area contributed by atoms with Gasteiger partial charge in [-0.05, 0) is 57.4 Å². The third-order valence-electron chi connectivity index (χ3n) is 4.04. The summed E-state index contributed by atoms with van der Waals surface area (Å²) in [7, 11) is 0. The Hall–Kier alpha value is -2.70. The minimum atomic E-state index is 1.05. The molecule has 1 aliphatic carbocycles. The molecule has 3 rings (SSSR count). The van der Waals surface area contributed by atoms with E-state index in [-0.39, 0.29) is 0 Å². The van der Waals surface area contributed by atoms with Crippen molar-refractivity contribution in [2.24, 2.45) is 0 Å². The summed E-state index contributed by atoms with van der Waals surface area (Å²) < 4.78 is 0. The van der Waals surface area contributed by atoms with Crippen LogP contribution in [0.25, 0.3) is 0 Å². The maximum atomic E-state index is 3.34. The van der Waals surface area contributed by atoms with Crippen LogP contribution in [-0.2, 0) is 0 Å². The van der Waals surface area contributed by atoms with Gasteiger partial charge in [0.25, 0.3) is 0 Å². The van der Waals surface area contributed by atoms with E-state index in [1.807, 2.05) is 0 Å². The smallest absolute Gasteiger partial charge is 0.0249 e. The van der Waals surface area contributed by atoms with Gasteiger partial charge in [0.1, 0.15) is 0 Å². The van der Waals surface area contributed by atoms with E-state index in [0.29, 0.717) is 0 Å². The average Bonchev–Trinajstić information content (AvgIpc) is 3.01. The highest BCUT2D eigenvalue weighted by Gasteiger charge is 2.10. The molecule has 0 heterocycles. The summed E-state index contributed by atoms with van der Waals surface area (Å²) in [6.07, 6.45) is 3.27. The number of hydrogen-bond acceptors (Lipinski definition) is 0. The molecule has 112 valence electrons. The fourth-order valence-corrected chi connectivity index (χ4v) is 2.59. The number of hydrogen-bond donors (Lipinski definition) is 0. The third kappa shape index (κ3) is 4.15. The molecule has 0 heteroatoms. The lowest BCUT2D eigenvalue weighted by Crippen LogP contribution is -1.80. The van der Waals surface area contributed by atoms with Crippen molar-refractivity contribution in [3.63, 3.8) is 0 Å². The molecule has 0 saturated heterocycles. The molecule has 0 amide bonds. The van der Waals surface area contributed by atoms with E-state index in [2.05, 4.69) is 86.1 Å². The zero-order valence-electron chi connectivity index (χ0n) is 13.7.